The van der Waals surface area contributed by atoms with Gasteiger partial charge in [0, 0.05) is 22.8 Å². The standard InChI is InChI=1S/C22H14N3.C12H9N4.Os/c1-2-8-15(9-3-1)21-17-11-5-7-13-19(17)23-22(21)20-14-16-10-4-6-12-18(16)24-25-20;1-8-14-12(16-15-8)11-10-5-3-2-4-9(10)6-7-13-11;/h1-14H;2-7H,1H3;/q2*-1;+2. The van der Waals surface area contributed by atoms with Crippen LogP contribution in [0.2, 0.25) is 0 Å². The van der Waals surface area contributed by atoms with E-state index in [2.05, 4.69) is 60.7 Å². The zero-order valence-electron chi connectivity index (χ0n) is 22.5. The maximum atomic E-state index is 4.86. The van der Waals surface area contributed by atoms with Crippen LogP contribution < -0.4 is 10.1 Å². The molecule has 0 saturated carbocycles. The van der Waals surface area contributed by atoms with Crippen molar-refractivity contribution in [2.45, 2.75) is 6.92 Å². The van der Waals surface area contributed by atoms with Crippen molar-refractivity contribution in [1.29, 1.82) is 0 Å². The van der Waals surface area contributed by atoms with E-state index in [1.165, 1.54) is 0 Å². The summed E-state index contributed by atoms with van der Waals surface area (Å²) in [6.45, 7) is 1.82. The molecule has 4 aromatic heterocycles. The van der Waals surface area contributed by atoms with E-state index in [1.807, 2.05) is 91.9 Å². The molecule has 0 unspecified atom stereocenters. The summed E-state index contributed by atoms with van der Waals surface area (Å²) in [4.78, 5) is 13.4. The minimum atomic E-state index is 0. The molecule has 4 heterocycles. The van der Waals surface area contributed by atoms with Gasteiger partial charge in [-0.15, -0.1) is 10.6 Å². The summed E-state index contributed by atoms with van der Waals surface area (Å²) >= 11 is 0. The van der Waals surface area contributed by atoms with Crippen molar-refractivity contribution in [2.24, 2.45) is 0 Å². The van der Waals surface area contributed by atoms with Crippen molar-refractivity contribution in [3.05, 3.63) is 127 Å². The van der Waals surface area contributed by atoms with Crippen molar-refractivity contribution < 1.29 is 19.8 Å². The number of aromatic nitrogens is 7. The number of nitrogens with zero attached hydrogens (tertiary/aromatic N) is 7. The second-order valence-corrected chi connectivity index (χ2v) is 9.57. The zero-order chi connectivity index (χ0) is 27.6. The normalized spacial score (nSPS) is 10.8. The predicted octanol–water partition coefficient (Wildman–Crippen LogP) is 7.03. The molecule has 7 nitrogen and oxygen atoms in total. The molecule has 8 rings (SSSR count). The fraction of sp³-hybridized carbons (Fsp3) is 0.0294. The Morgan fingerprint density at radius 1 is 0.667 bits per heavy atom. The van der Waals surface area contributed by atoms with E-state index in [0.717, 1.165) is 60.8 Å². The van der Waals surface area contributed by atoms with E-state index >= 15 is 0 Å². The van der Waals surface area contributed by atoms with E-state index < -0.39 is 0 Å². The first-order valence-corrected chi connectivity index (χ1v) is 13.3. The van der Waals surface area contributed by atoms with Gasteiger partial charge in [-0.2, -0.15) is 5.10 Å². The zero-order valence-corrected chi connectivity index (χ0v) is 25.1. The van der Waals surface area contributed by atoms with Gasteiger partial charge in [-0.05, 0) is 52.8 Å². The molecule has 0 bridgehead atoms. The second-order valence-electron chi connectivity index (χ2n) is 9.57. The van der Waals surface area contributed by atoms with E-state index in [9.17, 15) is 0 Å². The summed E-state index contributed by atoms with van der Waals surface area (Å²) in [5, 5.41) is 21.1. The molecule has 0 spiro atoms. The molecular weight excluding hydrogens is 697 g/mol. The molecule has 0 atom stereocenters. The van der Waals surface area contributed by atoms with Gasteiger partial charge in [-0.1, -0.05) is 103 Å². The maximum absolute atomic E-state index is 4.86. The summed E-state index contributed by atoms with van der Waals surface area (Å²) < 4.78 is 0. The number of aryl methyl sites for hydroxylation is 1. The van der Waals surface area contributed by atoms with Crippen LogP contribution in [-0.4, -0.2) is 25.3 Å². The number of hydrogen-bond donors (Lipinski definition) is 0. The van der Waals surface area contributed by atoms with Gasteiger partial charge in [0.25, 0.3) is 0 Å². The molecule has 8 heteroatoms. The SMILES string of the molecule is Cc1n[n-]c(-c2nccc3ccccc23)n1.[Os+2].c1ccc(-c2c(-c3cc4ccccc4nn3)[n-]c3ccccc23)cc1. The van der Waals surface area contributed by atoms with Crippen LogP contribution in [0.25, 0.3) is 66.6 Å². The van der Waals surface area contributed by atoms with E-state index in [0.29, 0.717) is 11.6 Å². The van der Waals surface area contributed by atoms with Gasteiger partial charge in [0.2, 0.25) is 0 Å². The van der Waals surface area contributed by atoms with Crippen molar-refractivity contribution in [3.8, 4) is 34.0 Å². The summed E-state index contributed by atoms with van der Waals surface area (Å²) in [5.74, 6) is 1.26. The molecule has 0 N–H and O–H groups in total. The van der Waals surface area contributed by atoms with Crippen LogP contribution in [0.5, 0.6) is 0 Å². The number of benzene rings is 4. The minimum Gasteiger partial charge on any atom is -0.655 e. The van der Waals surface area contributed by atoms with Gasteiger partial charge in [0.1, 0.15) is 0 Å². The molecule has 0 aliphatic carbocycles. The number of hydrogen-bond acceptors (Lipinski definition) is 5. The first-order valence-electron chi connectivity index (χ1n) is 13.3. The van der Waals surface area contributed by atoms with Gasteiger partial charge in [-0.25, -0.2) is 0 Å². The van der Waals surface area contributed by atoms with Crippen molar-refractivity contribution in [1.82, 2.24) is 35.3 Å². The fourth-order valence-corrected chi connectivity index (χ4v) is 4.98. The molecule has 0 radical (unpaired) electrons. The summed E-state index contributed by atoms with van der Waals surface area (Å²) in [6.07, 6.45) is 1.77. The van der Waals surface area contributed by atoms with Crippen LogP contribution in [0.4, 0.5) is 0 Å². The van der Waals surface area contributed by atoms with Gasteiger partial charge in [-0.3, -0.25) is 10.1 Å². The Morgan fingerprint density at radius 2 is 1.38 bits per heavy atom. The van der Waals surface area contributed by atoms with Gasteiger partial charge in [0.15, 0.2) is 0 Å². The molecular formula is C34H23N7Os. The van der Waals surface area contributed by atoms with Crippen molar-refractivity contribution in [3.63, 3.8) is 0 Å². The topological polar surface area (TPSA) is 92.7 Å². The molecule has 4 aromatic carbocycles. The number of pyridine rings is 1. The molecule has 8 aromatic rings. The van der Waals surface area contributed by atoms with Crippen LogP contribution in [0, 0.1) is 6.92 Å². The Morgan fingerprint density at radius 3 is 2.19 bits per heavy atom. The first kappa shape index (κ1) is 27.1. The smallest absolute Gasteiger partial charge is 0.655 e. The Bertz CT molecular complexity index is 2130. The Kier molecular flexibility index (Phi) is 7.63. The quantitative estimate of drug-likeness (QED) is 0.194. The molecule has 42 heavy (non-hydrogen) atoms. The molecule has 0 fully saturated rings. The van der Waals surface area contributed by atoms with Gasteiger partial charge in [0.05, 0.1) is 16.9 Å². The molecule has 0 aliphatic rings. The monoisotopic (exact) mass is 721 g/mol. The van der Waals surface area contributed by atoms with Crippen molar-refractivity contribution >= 4 is 32.6 Å². The third-order valence-corrected chi connectivity index (χ3v) is 6.88. The predicted molar refractivity (Wildman–Crippen MR) is 162 cm³/mol. The minimum absolute atomic E-state index is 0. The average Bonchev–Trinajstić information content (AvgIpc) is 3.65. The largest absolute Gasteiger partial charge is 2.00 e. The van der Waals surface area contributed by atoms with E-state index in [4.69, 9.17) is 4.98 Å². The fourth-order valence-electron chi connectivity index (χ4n) is 4.98. The van der Waals surface area contributed by atoms with Crippen LogP contribution in [0.3, 0.4) is 0 Å². The second kappa shape index (κ2) is 11.8. The first-order chi connectivity index (χ1) is 20.2. The Hall–Kier alpha value is -5.05. The third kappa shape index (κ3) is 5.21. The van der Waals surface area contributed by atoms with Crippen LogP contribution >= 0.6 is 0 Å². The number of rotatable bonds is 3. The van der Waals surface area contributed by atoms with Crippen LogP contribution in [-0.2, 0) is 19.8 Å². The third-order valence-electron chi connectivity index (χ3n) is 6.88. The summed E-state index contributed by atoms with van der Waals surface area (Å²) in [5.41, 5.74) is 6.59. The van der Waals surface area contributed by atoms with Crippen molar-refractivity contribution in [2.75, 3.05) is 0 Å². The summed E-state index contributed by atoms with van der Waals surface area (Å²) in [7, 11) is 0. The summed E-state index contributed by atoms with van der Waals surface area (Å²) in [6, 6.07) is 38.7. The number of fused-ring (bicyclic) bond motifs is 3. The van der Waals surface area contributed by atoms with E-state index in [1.54, 1.807) is 6.20 Å². The molecule has 0 amide bonds. The van der Waals surface area contributed by atoms with Gasteiger partial charge >= 0.3 is 19.8 Å². The molecule has 0 saturated heterocycles. The molecule has 202 valence electrons. The average molecular weight is 720 g/mol. The molecule has 0 aliphatic heterocycles. The number of para-hydroxylation sites is 1. The maximum Gasteiger partial charge on any atom is 2.00 e. The van der Waals surface area contributed by atoms with Crippen LogP contribution in [0.1, 0.15) is 5.82 Å². The Balaban J connectivity index is 0.000000161. The van der Waals surface area contributed by atoms with Crippen LogP contribution in [0.15, 0.2) is 121 Å². The van der Waals surface area contributed by atoms with Gasteiger partial charge < -0.3 is 15.1 Å². The Labute approximate surface area is 255 Å². The van der Waals surface area contributed by atoms with E-state index in [-0.39, 0.29) is 19.8 Å².